The number of ether oxygens (including phenoxy) is 2. The molecule has 0 unspecified atom stereocenters. The van der Waals surface area contributed by atoms with Crippen molar-refractivity contribution in [3.63, 3.8) is 0 Å². The number of carbonyl (C=O) groups excluding carboxylic acids is 2. The molecule has 0 aromatic heterocycles. The number of hydrogen-bond acceptors (Lipinski definition) is 4. The SMILES string of the molecule is COc1ccc(CCNC(=O)c2cccc(C(=O)NC(C)C)c2)cc1OC. The van der Waals surface area contributed by atoms with Gasteiger partial charge in [-0.2, -0.15) is 0 Å². The van der Waals surface area contributed by atoms with Crippen molar-refractivity contribution in [2.75, 3.05) is 20.8 Å². The summed E-state index contributed by atoms with van der Waals surface area (Å²) in [4.78, 5) is 24.4. The van der Waals surface area contributed by atoms with Crippen LogP contribution in [-0.2, 0) is 6.42 Å². The number of benzene rings is 2. The number of nitrogens with one attached hydrogen (secondary N) is 2. The van der Waals surface area contributed by atoms with Gasteiger partial charge in [-0.3, -0.25) is 9.59 Å². The van der Waals surface area contributed by atoms with Crippen molar-refractivity contribution in [3.8, 4) is 11.5 Å². The molecule has 0 spiro atoms. The van der Waals surface area contributed by atoms with E-state index >= 15 is 0 Å². The van der Waals surface area contributed by atoms with E-state index in [9.17, 15) is 9.59 Å². The minimum atomic E-state index is -0.213. The minimum Gasteiger partial charge on any atom is -0.493 e. The van der Waals surface area contributed by atoms with Crippen molar-refractivity contribution in [2.24, 2.45) is 0 Å². The number of rotatable bonds is 8. The third-order valence-corrected chi connectivity index (χ3v) is 3.95. The molecule has 0 fully saturated rings. The number of hydrogen-bond donors (Lipinski definition) is 2. The molecule has 0 radical (unpaired) electrons. The molecule has 2 aromatic rings. The first-order chi connectivity index (χ1) is 12.9. The van der Waals surface area contributed by atoms with Crippen LogP contribution in [0, 0.1) is 0 Å². The highest BCUT2D eigenvalue weighted by molar-refractivity contribution is 5.99. The van der Waals surface area contributed by atoms with Crippen LogP contribution in [-0.4, -0.2) is 38.6 Å². The Labute approximate surface area is 159 Å². The summed E-state index contributed by atoms with van der Waals surface area (Å²) in [5.41, 5.74) is 1.95. The van der Waals surface area contributed by atoms with Gasteiger partial charge in [0.15, 0.2) is 11.5 Å². The van der Waals surface area contributed by atoms with Crippen LogP contribution in [0.1, 0.15) is 40.1 Å². The topological polar surface area (TPSA) is 76.7 Å². The lowest BCUT2D eigenvalue weighted by atomic mass is 10.1. The van der Waals surface area contributed by atoms with Crippen LogP contribution in [0.3, 0.4) is 0 Å². The van der Waals surface area contributed by atoms with Crippen molar-refractivity contribution < 1.29 is 19.1 Å². The van der Waals surface area contributed by atoms with Gasteiger partial charge >= 0.3 is 0 Å². The standard InChI is InChI=1S/C21H26N2O4/c1-14(2)23-21(25)17-7-5-6-16(13-17)20(24)22-11-10-15-8-9-18(26-3)19(12-15)27-4/h5-9,12-14H,10-11H2,1-4H3,(H,22,24)(H,23,25). The summed E-state index contributed by atoms with van der Waals surface area (Å²) in [6.07, 6.45) is 0.652. The Hall–Kier alpha value is -3.02. The fourth-order valence-corrected chi connectivity index (χ4v) is 2.61. The quantitative estimate of drug-likeness (QED) is 0.749. The molecule has 2 aromatic carbocycles. The molecule has 2 amide bonds. The molecule has 6 heteroatoms. The van der Waals surface area contributed by atoms with Crippen molar-refractivity contribution in [1.29, 1.82) is 0 Å². The Morgan fingerprint density at radius 3 is 2.22 bits per heavy atom. The lowest BCUT2D eigenvalue weighted by Gasteiger charge is -2.11. The van der Waals surface area contributed by atoms with Crippen LogP contribution in [0.25, 0.3) is 0 Å². The van der Waals surface area contributed by atoms with Crippen molar-refractivity contribution >= 4 is 11.8 Å². The number of carbonyl (C=O) groups is 2. The van der Waals surface area contributed by atoms with Crippen LogP contribution in [0.15, 0.2) is 42.5 Å². The predicted molar refractivity (Wildman–Crippen MR) is 105 cm³/mol. The second-order valence-electron chi connectivity index (χ2n) is 6.40. The molecule has 27 heavy (non-hydrogen) atoms. The maximum absolute atomic E-state index is 12.4. The first-order valence-electron chi connectivity index (χ1n) is 8.84. The fraction of sp³-hybridized carbons (Fsp3) is 0.333. The lowest BCUT2D eigenvalue weighted by molar-refractivity contribution is 0.0943. The summed E-state index contributed by atoms with van der Waals surface area (Å²) in [7, 11) is 3.18. The van der Waals surface area contributed by atoms with Crippen molar-refractivity contribution in [3.05, 3.63) is 59.2 Å². The Balaban J connectivity index is 1.95. The maximum atomic E-state index is 12.4. The van der Waals surface area contributed by atoms with Gasteiger partial charge in [-0.15, -0.1) is 0 Å². The molecule has 0 aliphatic heterocycles. The summed E-state index contributed by atoms with van der Waals surface area (Å²) in [6.45, 7) is 4.25. The van der Waals surface area contributed by atoms with Gasteiger partial charge in [0, 0.05) is 23.7 Å². The minimum absolute atomic E-state index is 0.0384. The van der Waals surface area contributed by atoms with Crippen LogP contribution >= 0.6 is 0 Å². The molecule has 0 saturated carbocycles. The van der Waals surface area contributed by atoms with Gasteiger partial charge in [0.1, 0.15) is 0 Å². The molecule has 0 aliphatic carbocycles. The highest BCUT2D eigenvalue weighted by Crippen LogP contribution is 2.27. The molecule has 2 rings (SSSR count). The normalized spacial score (nSPS) is 10.4. The molecular weight excluding hydrogens is 344 g/mol. The Bertz CT molecular complexity index is 803. The largest absolute Gasteiger partial charge is 0.493 e. The molecule has 0 saturated heterocycles. The van der Waals surface area contributed by atoms with E-state index in [1.165, 1.54) is 0 Å². The monoisotopic (exact) mass is 370 g/mol. The van der Waals surface area contributed by atoms with E-state index in [2.05, 4.69) is 10.6 Å². The van der Waals surface area contributed by atoms with Gasteiger partial charge in [0.25, 0.3) is 11.8 Å². The molecule has 0 atom stereocenters. The van der Waals surface area contributed by atoms with Gasteiger partial charge in [-0.1, -0.05) is 12.1 Å². The molecule has 144 valence electrons. The first kappa shape index (κ1) is 20.3. The van der Waals surface area contributed by atoms with Crippen LogP contribution < -0.4 is 20.1 Å². The molecule has 0 bridgehead atoms. The zero-order valence-corrected chi connectivity index (χ0v) is 16.2. The second kappa shape index (κ2) is 9.62. The van der Waals surface area contributed by atoms with Gasteiger partial charge in [-0.05, 0) is 56.2 Å². The molecule has 0 aliphatic rings. The Morgan fingerprint density at radius 2 is 1.59 bits per heavy atom. The van der Waals surface area contributed by atoms with E-state index in [-0.39, 0.29) is 17.9 Å². The zero-order chi connectivity index (χ0) is 19.8. The average molecular weight is 370 g/mol. The van der Waals surface area contributed by atoms with E-state index in [0.717, 1.165) is 5.56 Å². The molecular formula is C21H26N2O4. The summed E-state index contributed by atoms with van der Waals surface area (Å²) < 4.78 is 10.5. The predicted octanol–water partition coefficient (Wildman–Crippen LogP) is 2.81. The average Bonchev–Trinajstić information content (AvgIpc) is 2.67. The summed E-state index contributed by atoms with van der Waals surface area (Å²) >= 11 is 0. The highest BCUT2D eigenvalue weighted by Gasteiger charge is 2.11. The molecule has 6 nitrogen and oxygen atoms in total. The highest BCUT2D eigenvalue weighted by atomic mass is 16.5. The summed E-state index contributed by atoms with van der Waals surface area (Å²) in [5, 5.41) is 5.69. The summed E-state index contributed by atoms with van der Waals surface area (Å²) in [5.74, 6) is 0.923. The van der Waals surface area contributed by atoms with Crippen LogP contribution in [0.2, 0.25) is 0 Å². The Kier molecular flexibility index (Phi) is 7.23. The summed E-state index contributed by atoms with van der Waals surface area (Å²) in [6, 6.07) is 12.4. The second-order valence-corrected chi connectivity index (χ2v) is 6.40. The molecule has 0 heterocycles. The number of amides is 2. The third-order valence-electron chi connectivity index (χ3n) is 3.95. The van der Waals surface area contributed by atoms with Gasteiger partial charge in [0.05, 0.1) is 14.2 Å². The molecule has 2 N–H and O–H groups in total. The van der Waals surface area contributed by atoms with Crippen LogP contribution in [0.4, 0.5) is 0 Å². The zero-order valence-electron chi connectivity index (χ0n) is 16.2. The smallest absolute Gasteiger partial charge is 0.251 e. The number of methoxy groups -OCH3 is 2. The van der Waals surface area contributed by atoms with E-state index in [0.29, 0.717) is 35.6 Å². The van der Waals surface area contributed by atoms with E-state index in [1.807, 2.05) is 32.0 Å². The van der Waals surface area contributed by atoms with Crippen molar-refractivity contribution in [2.45, 2.75) is 26.3 Å². The fourth-order valence-electron chi connectivity index (χ4n) is 2.61. The van der Waals surface area contributed by atoms with Gasteiger partial charge in [-0.25, -0.2) is 0 Å². The van der Waals surface area contributed by atoms with Crippen molar-refractivity contribution in [1.82, 2.24) is 10.6 Å². The maximum Gasteiger partial charge on any atom is 0.251 e. The van der Waals surface area contributed by atoms with E-state index in [1.54, 1.807) is 38.5 Å². The van der Waals surface area contributed by atoms with Crippen LogP contribution in [0.5, 0.6) is 11.5 Å². The first-order valence-corrected chi connectivity index (χ1v) is 8.84. The van der Waals surface area contributed by atoms with Gasteiger partial charge in [0.2, 0.25) is 0 Å². The lowest BCUT2D eigenvalue weighted by Crippen LogP contribution is -2.30. The van der Waals surface area contributed by atoms with E-state index < -0.39 is 0 Å². The van der Waals surface area contributed by atoms with Gasteiger partial charge < -0.3 is 20.1 Å². The third kappa shape index (κ3) is 5.74. The Morgan fingerprint density at radius 1 is 0.926 bits per heavy atom. The van der Waals surface area contributed by atoms with E-state index in [4.69, 9.17) is 9.47 Å².